The first-order valence-electron chi connectivity index (χ1n) is 9.14. The molecule has 0 saturated carbocycles. The Morgan fingerprint density at radius 1 is 1.00 bits per heavy atom. The summed E-state index contributed by atoms with van der Waals surface area (Å²) < 4.78 is 13.6. The SMILES string of the molecule is C=C/C(C)=C\c1c(C)c(-c2ccccc2SF)cc2cc3ccccc3nc12. The molecule has 0 unspecified atom stereocenters. The highest BCUT2D eigenvalue weighted by Gasteiger charge is 2.15. The Labute approximate surface area is 168 Å². The molecule has 0 atom stereocenters. The van der Waals surface area contributed by atoms with Crippen molar-refractivity contribution < 1.29 is 3.89 Å². The van der Waals surface area contributed by atoms with Crippen LogP contribution in [0.5, 0.6) is 0 Å². The van der Waals surface area contributed by atoms with Crippen molar-refractivity contribution in [3.05, 3.63) is 90.0 Å². The molecule has 4 rings (SSSR count). The summed E-state index contributed by atoms with van der Waals surface area (Å²) in [4.78, 5) is 5.56. The number of halogens is 1. The van der Waals surface area contributed by atoms with Gasteiger partial charge >= 0.3 is 0 Å². The number of rotatable bonds is 4. The molecule has 0 N–H and O–H groups in total. The maximum Gasteiger partial charge on any atom is 0.0818 e. The number of aromatic nitrogens is 1. The van der Waals surface area contributed by atoms with Crippen LogP contribution in [0, 0.1) is 6.92 Å². The summed E-state index contributed by atoms with van der Waals surface area (Å²) in [5, 5.41) is 2.13. The van der Waals surface area contributed by atoms with E-state index in [1.54, 1.807) is 0 Å². The lowest BCUT2D eigenvalue weighted by atomic mass is 9.92. The maximum absolute atomic E-state index is 13.6. The molecule has 1 heterocycles. The minimum Gasteiger partial charge on any atom is -0.247 e. The van der Waals surface area contributed by atoms with E-state index < -0.39 is 0 Å². The molecule has 0 amide bonds. The van der Waals surface area contributed by atoms with Crippen LogP contribution < -0.4 is 0 Å². The van der Waals surface area contributed by atoms with E-state index in [0.717, 1.165) is 49.6 Å². The number of pyridine rings is 1. The number of nitrogens with zero attached hydrogens (tertiary/aromatic N) is 1. The zero-order valence-electron chi connectivity index (χ0n) is 15.9. The van der Waals surface area contributed by atoms with Crippen LogP contribution in [0.15, 0.2) is 83.8 Å². The molecular formula is C25H20FNS. The summed E-state index contributed by atoms with van der Waals surface area (Å²) in [6, 6.07) is 20.0. The van der Waals surface area contributed by atoms with Crippen molar-refractivity contribution in [2.24, 2.45) is 0 Å². The van der Waals surface area contributed by atoms with E-state index in [4.69, 9.17) is 4.98 Å². The number of fused-ring (bicyclic) bond motifs is 2. The van der Waals surface area contributed by atoms with Crippen LogP contribution in [0.25, 0.3) is 39.0 Å². The largest absolute Gasteiger partial charge is 0.247 e. The van der Waals surface area contributed by atoms with Crippen LogP contribution in [-0.2, 0) is 0 Å². The van der Waals surface area contributed by atoms with Gasteiger partial charge in [-0.25, -0.2) is 4.98 Å². The van der Waals surface area contributed by atoms with Crippen molar-refractivity contribution in [2.75, 3.05) is 0 Å². The summed E-state index contributed by atoms with van der Waals surface area (Å²) in [7, 11) is 0. The van der Waals surface area contributed by atoms with Crippen LogP contribution in [-0.4, -0.2) is 4.98 Å². The molecule has 1 nitrogen and oxygen atoms in total. The molecule has 0 fully saturated rings. The van der Waals surface area contributed by atoms with Gasteiger partial charge in [0, 0.05) is 21.2 Å². The molecule has 0 saturated heterocycles. The lowest BCUT2D eigenvalue weighted by Crippen LogP contribution is -1.95. The molecule has 3 heteroatoms. The highest BCUT2D eigenvalue weighted by Crippen LogP contribution is 2.38. The molecule has 4 aromatic rings. The molecule has 3 aromatic carbocycles. The number of allylic oxidation sites excluding steroid dienone is 2. The standard InChI is InChI=1S/C25H20FNS/c1-4-16(2)13-22-17(3)21(20-10-6-8-12-24(20)28-26)15-19-14-18-9-5-7-11-23(18)27-25(19)22/h4-15H,1H2,2-3H3/b16-13-. The Morgan fingerprint density at radius 2 is 1.75 bits per heavy atom. The Balaban J connectivity index is 2.13. The van der Waals surface area contributed by atoms with E-state index in [-0.39, 0.29) is 12.1 Å². The average Bonchev–Trinajstić information content (AvgIpc) is 2.74. The first kappa shape index (κ1) is 18.5. The van der Waals surface area contributed by atoms with Gasteiger partial charge in [0.15, 0.2) is 0 Å². The van der Waals surface area contributed by atoms with Gasteiger partial charge in [0.25, 0.3) is 0 Å². The summed E-state index contributed by atoms with van der Waals surface area (Å²) in [5.74, 6) is 0. The Hall–Kier alpha value is -2.91. The fraction of sp³-hybridized carbons (Fsp3) is 0.0800. The molecule has 0 radical (unpaired) electrons. The second-order valence-corrected chi connectivity index (χ2v) is 7.48. The molecule has 0 bridgehead atoms. The lowest BCUT2D eigenvalue weighted by Gasteiger charge is -2.15. The highest BCUT2D eigenvalue weighted by molar-refractivity contribution is 7.94. The van der Waals surface area contributed by atoms with E-state index in [9.17, 15) is 3.89 Å². The zero-order valence-corrected chi connectivity index (χ0v) is 16.7. The van der Waals surface area contributed by atoms with E-state index in [0.29, 0.717) is 4.90 Å². The van der Waals surface area contributed by atoms with Crippen LogP contribution in [0.4, 0.5) is 3.89 Å². The van der Waals surface area contributed by atoms with Gasteiger partial charge in [-0.2, -0.15) is 3.89 Å². The smallest absolute Gasteiger partial charge is 0.0818 e. The minimum atomic E-state index is 0.284. The van der Waals surface area contributed by atoms with Gasteiger partial charge in [-0.1, -0.05) is 54.6 Å². The summed E-state index contributed by atoms with van der Waals surface area (Å²) in [6.45, 7) is 7.98. The second-order valence-electron chi connectivity index (χ2n) is 6.88. The molecule has 0 aliphatic heterocycles. The van der Waals surface area contributed by atoms with Crippen molar-refractivity contribution >= 4 is 40.0 Å². The van der Waals surface area contributed by atoms with Gasteiger partial charge < -0.3 is 0 Å². The quantitative estimate of drug-likeness (QED) is 0.261. The van der Waals surface area contributed by atoms with Gasteiger partial charge in [0.2, 0.25) is 0 Å². The Kier molecular flexibility index (Phi) is 5.01. The number of para-hydroxylation sites is 1. The lowest BCUT2D eigenvalue weighted by molar-refractivity contribution is 0.934. The van der Waals surface area contributed by atoms with Crippen molar-refractivity contribution in [3.8, 4) is 11.1 Å². The predicted octanol–water partition coefficient (Wildman–Crippen LogP) is 7.93. The molecule has 0 aliphatic carbocycles. The van der Waals surface area contributed by atoms with E-state index in [2.05, 4.69) is 37.8 Å². The van der Waals surface area contributed by atoms with Gasteiger partial charge in [-0.3, -0.25) is 0 Å². The average molecular weight is 386 g/mol. The summed E-state index contributed by atoms with van der Waals surface area (Å²) in [5.41, 5.74) is 7.03. The highest BCUT2D eigenvalue weighted by atomic mass is 32.2. The topological polar surface area (TPSA) is 12.9 Å². The molecule has 0 aliphatic rings. The minimum absolute atomic E-state index is 0.284. The third-order valence-electron chi connectivity index (χ3n) is 5.07. The summed E-state index contributed by atoms with van der Waals surface area (Å²) in [6.07, 6.45) is 3.95. The van der Waals surface area contributed by atoms with Gasteiger partial charge in [-0.15, -0.1) is 0 Å². The van der Waals surface area contributed by atoms with Crippen LogP contribution in [0.3, 0.4) is 0 Å². The van der Waals surface area contributed by atoms with Crippen molar-refractivity contribution in [1.82, 2.24) is 4.98 Å². The molecule has 1 aromatic heterocycles. The van der Waals surface area contributed by atoms with Crippen LogP contribution in [0.2, 0.25) is 0 Å². The Bertz CT molecular complexity index is 1240. The zero-order chi connectivity index (χ0) is 19.7. The fourth-order valence-electron chi connectivity index (χ4n) is 3.54. The first-order chi connectivity index (χ1) is 13.6. The number of hydrogen-bond acceptors (Lipinski definition) is 2. The third-order valence-corrected chi connectivity index (χ3v) is 5.59. The molecular weight excluding hydrogens is 365 g/mol. The predicted molar refractivity (Wildman–Crippen MR) is 120 cm³/mol. The van der Waals surface area contributed by atoms with Gasteiger partial charge in [-0.05, 0) is 60.9 Å². The number of hydrogen-bond donors (Lipinski definition) is 0. The van der Waals surface area contributed by atoms with E-state index >= 15 is 0 Å². The van der Waals surface area contributed by atoms with Crippen LogP contribution >= 0.6 is 12.1 Å². The van der Waals surface area contributed by atoms with Gasteiger partial charge in [0.1, 0.15) is 0 Å². The van der Waals surface area contributed by atoms with Crippen LogP contribution in [0.1, 0.15) is 18.1 Å². The molecule has 0 spiro atoms. The maximum atomic E-state index is 13.6. The van der Waals surface area contributed by atoms with E-state index in [1.807, 2.05) is 55.5 Å². The normalized spacial score (nSPS) is 11.9. The monoisotopic (exact) mass is 385 g/mol. The molecule has 28 heavy (non-hydrogen) atoms. The second kappa shape index (κ2) is 7.61. The third kappa shape index (κ3) is 3.23. The molecule has 138 valence electrons. The fourth-order valence-corrected chi connectivity index (χ4v) is 3.94. The van der Waals surface area contributed by atoms with Crippen molar-refractivity contribution in [2.45, 2.75) is 18.7 Å². The van der Waals surface area contributed by atoms with Crippen molar-refractivity contribution in [3.63, 3.8) is 0 Å². The first-order valence-corrected chi connectivity index (χ1v) is 9.86. The Morgan fingerprint density at radius 3 is 2.54 bits per heavy atom. The van der Waals surface area contributed by atoms with Crippen molar-refractivity contribution in [1.29, 1.82) is 0 Å². The van der Waals surface area contributed by atoms with Gasteiger partial charge in [0.05, 0.1) is 23.2 Å². The summed E-state index contributed by atoms with van der Waals surface area (Å²) >= 11 is 0.284. The van der Waals surface area contributed by atoms with E-state index in [1.165, 1.54) is 0 Å². The number of benzene rings is 3.